The fourth-order valence-corrected chi connectivity index (χ4v) is 0.409. The van der Waals surface area contributed by atoms with Crippen molar-refractivity contribution in [1.82, 2.24) is 0 Å². The number of aliphatic hydroxyl groups is 1. The van der Waals surface area contributed by atoms with E-state index in [2.05, 4.69) is 13.2 Å². The molecule has 0 atom stereocenters. The van der Waals surface area contributed by atoms with Crippen LogP contribution in [0, 0.1) is 0 Å². The molecule has 0 rings (SSSR count). The maximum Gasteiger partial charge on any atom is 0.339 e. The average Bonchev–Trinajstić information content (AvgIpc) is 2.03. The number of hydrogen-bond acceptors (Lipinski definition) is 2. The van der Waals surface area contributed by atoms with E-state index < -0.39 is 11.7 Å². The summed E-state index contributed by atoms with van der Waals surface area (Å²) in [7, 11) is 0. The van der Waals surface area contributed by atoms with Crippen molar-refractivity contribution in [2.24, 2.45) is 0 Å². The lowest BCUT2D eigenvalue weighted by Gasteiger charge is -1.95. The number of carbonyl (C=O) groups is 1. The molecule has 0 aromatic heterocycles. The summed E-state index contributed by atoms with van der Waals surface area (Å²) in [5.74, 6) is -1.68. The van der Waals surface area contributed by atoms with E-state index in [4.69, 9.17) is 10.2 Å². The van der Waals surface area contributed by atoms with Gasteiger partial charge in [0.25, 0.3) is 0 Å². The predicted molar refractivity (Wildman–Crippen MR) is 49.0 cm³/mol. The summed E-state index contributed by atoms with van der Waals surface area (Å²) in [6.45, 7) is 10.3. The molecule has 0 aromatic rings. The molecule has 0 aliphatic rings. The second-order valence-electron chi connectivity index (χ2n) is 1.57. The molecule has 3 heteroatoms. The molecular weight excluding hydrogens is 156 g/mol. The zero-order valence-electron chi connectivity index (χ0n) is 7.37. The number of aliphatic hydroxyl groups excluding tert-OH is 1. The van der Waals surface area contributed by atoms with Gasteiger partial charge in [-0.15, -0.1) is 0 Å². The van der Waals surface area contributed by atoms with Gasteiger partial charge in [-0.3, -0.25) is 0 Å². The first kappa shape index (κ1) is 13.1. The van der Waals surface area contributed by atoms with Crippen molar-refractivity contribution < 1.29 is 15.0 Å². The number of rotatable bonds is 3. The Balaban J connectivity index is 0. The minimum atomic E-state index is -1.22. The SMILES string of the molecule is C=C/C=C(\C(=C)O)C(=O)O.CC. The molecule has 3 nitrogen and oxygen atoms in total. The summed E-state index contributed by atoms with van der Waals surface area (Å²) in [4.78, 5) is 10.2. The van der Waals surface area contributed by atoms with Gasteiger partial charge in [0.2, 0.25) is 0 Å². The second-order valence-corrected chi connectivity index (χ2v) is 1.57. The minimum absolute atomic E-state index is 0.241. The van der Waals surface area contributed by atoms with Crippen molar-refractivity contribution >= 4 is 5.97 Å². The van der Waals surface area contributed by atoms with E-state index in [1.54, 1.807) is 0 Å². The third-order valence-electron chi connectivity index (χ3n) is 0.826. The zero-order chi connectivity index (χ0) is 10.1. The van der Waals surface area contributed by atoms with Crippen LogP contribution in [0.5, 0.6) is 0 Å². The van der Waals surface area contributed by atoms with Crippen LogP contribution in [0.4, 0.5) is 0 Å². The van der Waals surface area contributed by atoms with Gasteiger partial charge in [0.1, 0.15) is 11.3 Å². The molecule has 0 fully saturated rings. The molecule has 2 N–H and O–H groups in total. The summed E-state index contributed by atoms with van der Waals surface area (Å²) in [5, 5.41) is 17.0. The number of carboxylic acids is 1. The lowest BCUT2D eigenvalue weighted by molar-refractivity contribution is -0.132. The van der Waals surface area contributed by atoms with Crippen LogP contribution >= 0.6 is 0 Å². The van der Waals surface area contributed by atoms with Gasteiger partial charge in [0.15, 0.2) is 0 Å². The van der Waals surface area contributed by atoms with E-state index in [9.17, 15) is 4.79 Å². The smallest absolute Gasteiger partial charge is 0.339 e. The maximum absolute atomic E-state index is 10.2. The fraction of sp³-hybridized carbons (Fsp3) is 0.222. The first-order chi connectivity index (χ1) is 5.59. The largest absolute Gasteiger partial charge is 0.508 e. The lowest BCUT2D eigenvalue weighted by atomic mass is 10.2. The number of aliphatic carboxylic acids is 1. The first-order valence-corrected chi connectivity index (χ1v) is 3.54. The van der Waals surface area contributed by atoms with Gasteiger partial charge in [-0.2, -0.15) is 0 Å². The highest BCUT2D eigenvalue weighted by atomic mass is 16.4. The highest BCUT2D eigenvalue weighted by Gasteiger charge is 2.07. The van der Waals surface area contributed by atoms with E-state index in [0.29, 0.717) is 0 Å². The normalized spacial score (nSPS) is 9.33. The van der Waals surface area contributed by atoms with Crippen LogP contribution in [0.2, 0.25) is 0 Å². The molecule has 0 aliphatic heterocycles. The quantitative estimate of drug-likeness (QED) is 0.388. The summed E-state index contributed by atoms with van der Waals surface area (Å²) < 4.78 is 0. The Morgan fingerprint density at radius 3 is 1.83 bits per heavy atom. The van der Waals surface area contributed by atoms with E-state index >= 15 is 0 Å². The van der Waals surface area contributed by atoms with Crippen molar-refractivity contribution in [3.8, 4) is 0 Å². The van der Waals surface area contributed by atoms with Crippen LogP contribution in [-0.4, -0.2) is 16.2 Å². The van der Waals surface area contributed by atoms with Crippen molar-refractivity contribution in [2.45, 2.75) is 13.8 Å². The van der Waals surface area contributed by atoms with Gasteiger partial charge < -0.3 is 10.2 Å². The zero-order valence-corrected chi connectivity index (χ0v) is 7.37. The first-order valence-electron chi connectivity index (χ1n) is 3.54. The van der Waals surface area contributed by atoms with Crippen LogP contribution in [0.1, 0.15) is 13.8 Å². The van der Waals surface area contributed by atoms with Crippen molar-refractivity contribution in [3.63, 3.8) is 0 Å². The second kappa shape index (κ2) is 7.60. The van der Waals surface area contributed by atoms with Crippen LogP contribution in [0.3, 0.4) is 0 Å². The summed E-state index contributed by atoms with van der Waals surface area (Å²) in [6.07, 6.45) is 2.44. The molecule has 0 amide bonds. The highest BCUT2D eigenvalue weighted by Crippen LogP contribution is 2.03. The van der Waals surface area contributed by atoms with Crippen molar-refractivity contribution in [1.29, 1.82) is 0 Å². The Kier molecular flexibility index (Phi) is 8.30. The Labute approximate surface area is 72.3 Å². The molecule has 0 heterocycles. The molecule has 0 aromatic carbocycles. The van der Waals surface area contributed by atoms with E-state index in [0.717, 1.165) is 0 Å². The van der Waals surface area contributed by atoms with Gasteiger partial charge in [0, 0.05) is 0 Å². The molecule has 0 radical (unpaired) electrons. The molecule has 0 aliphatic carbocycles. The Morgan fingerprint density at radius 2 is 1.75 bits per heavy atom. The molecule has 0 unspecified atom stereocenters. The molecule has 0 saturated carbocycles. The molecule has 12 heavy (non-hydrogen) atoms. The van der Waals surface area contributed by atoms with Gasteiger partial charge in [0.05, 0.1) is 0 Å². The molecule has 68 valence electrons. The predicted octanol–water partition coefficient (Wildman–Crippen LogP) is 2.28. The van der Waals surface area contributed by atoms with Crippen molar-refractivity contribution in [3.05, 3.63) is 36.6 Å². The highest BCUT2D eigenvalue weighted by molar-refractivity contribution is 5.91. The summed E-state index contributed by atoms with van der Waals surface area (Å²) >= 11 is 0. The third-order valence-corrected chi connectivity index (χ3v) is 0.826. The van der Waals surface area contributed by atoms with Crippen LogP contribution < -0.4 is 0 Å². The Morgan fingerprint density at radius 1 is 1.33 bits per heavy atom. The van der Waals surface area contributed by atoms with E-state index in [1.807, 2.05) is 13.8 Å². The molecular formula is C9H14O3. The standard InChI is InChI=1S/C7H8O3.C2H6/c1-3-4-6(5(2)8)7(9)10;1-2/h3-4,8H,1-2H2,(H,9,10);1-2H3/b6-4+;. The summed E-state index contributed by atoms with van der Waals surface area (Å²) in [5.41, 5.74) is -0.241. The maximum atomic E-state index is 10.2. The van der Waals surface area contributed by atoms with Crippen LogP contribution in [0.15, 0.2) is 36.6 Å². The Bertz CT molecular complexity index is 186. The monoisotopic (exact) mass is 170 g/mol. The fourth-order valence-electron chi connectivity index (χ4n) is 0.409. The Hall–Kier alpha value is -1.51. The van der Waals surface area contributed by atoms with E-state index in [1.165, 1.54) is 12.2 Å². The number of carboxylic acid groups (broad SMARTS) is 1. The van der Waals surface area contributed by atoms with Gasteiger partial charge in [-0.1, -0.05) is 33.1 Å². The minimum Gasteiger partial charge on any atom is -0.508 e. The van der Waals surface area contributed by atoms with Gasteiger partial charge in [-0.25, -0.2) is 4.79 Å². The molecule has 0 bridgehead atoms. The lowest BCUT2D eigenvalue weighted by Crippen LogP contribution is -2.01. The van der Waals surface area contributed by atoms with Gasteiger partial charge >= 0.3 is 5.97 Å². The van der Waals surface area contributed by atoms with Crippen LogP contribution in [0.25, 0.3) is 0 Å². The van der Waals surface area contributed by atoms with E-state index in [-0.39, 0.29) is 5.57 Å². The van der Waals surface area contributed by atoms with Gasteiger partial charge in [-0.05, 0) is 6.08 Å². The number of allylic oxidation sites excluding steroid dienone is 2. The van der Waals surface area contributed by atoms with Crippen molar-refractivity contribution in [2.75, 3.05) is 0 Å². The van der Waals surface area contributed by atoms with Crippen LogP contribution in [-0.2, 0) is 4.79 Å². The number of hydrogen-bond donors (Lipinski definition) is 2. The average molecular weight is 170 g/mol. The topological polar surface area (TPSA) is 57.5 Å². The molecule has 0 spiro atoms. The third kappa shape index (κ3) is 5.29. The summed E-state index contributed by atoms with van der Waals surface area (Å²) in [6, 6.07) is 0. The molecule has 0 saturated heterocycles.